The van der Waals surface area contributed by atoms with E-state index in [1.807, 2.05) is 6.92 Å². The molecule has 6 nitrogen and oxygen atoms in total. The maximum absolute atomic E-state index is 12.1. The van der Waals surface area contributed by atoms with Crippen LogP contribution in [0.15, 0.2) is 24.5 Å². The maximum Gasteiger partial charge on any atom is 0.251 e. The zero-order valence-corrected chi connectivity index (χ0v) is 12.6. The first-order valence-electron chi connectivity index (χ1n) is 6.98. The second-order valence-corrected chi connectivity index (χ2v) is 5.83. The van der Waals surface area contributed by atoms with E-state index in [9.17, 15) is 4.79 Å². The summed E-state index contributed by atoms with van der Waals surface area (Å²) < 4.78 is 4.21. The summed E-state index contributed by atoms with van der Waals surface area (Å²) in [7, 11) is 0. The molecule has 1 aliphatic heterocycles. The normalized spacial score (nSPS) is 16.0. The van der Waals surface area contributed by atoms with E-state index in [0.717, 1.165) is 36.9 Å². The van der Waals surface area contributed by atoms with Gasteiger partial charge in [-0.3, -0.25) is 9.78 Å². The average Bonchev–Trinajstić information content (AvgIpc) is 2.95. The first kappa shape index (κ1) is 13.9. The molecule has 0 bridgehead atoms. The Morgan fingerprint density at radius 2 is 2.05 bits per heavy atom. The van der Waals surface area contributed by atoms with Gasteiger partial charge in [-0.15, -0.1) is 0 Å². The molecule has 1 saturated heterocycles. The number of amides is 1. The summed E-state index contributed by atoms with van der Waals surface area (Å²) in [6.07, 6.45) is 5.12. The lowest BCUT2D eigenvalue weighted by atomic mass is 10.0. The van der Waals surface area contributed by atoms with Crippen LogP contribution in [0.1, 0.15) is 29.0 Å². The fourth-order valence-electron chi connectivity index (χ4n) is 2.40. The molecule has 7 heteroatoms. The minimum atomic E-state index is -0.0254. The summed E-state index contributed by atoms with van der Waals surface area (Å²) in [6.45, 7) is 3.70. The molecule has 21 heavy (non-hydrogen) atoms. The lowest BCUT2D eigenvalue weighted by Gasteiger charge is -2.31. The highest BCUT2D eigenvalue weighted by atomic mass is 32.1. The molecule has 2 aromatic rings. The predicted molar refractivity (Wildman–Crippen MR) is 81.6 cm³/mol. The van der Waals surface area contributed by atoms with E-state index in [-0.39, 0.29) is 11.9 Å². The molecule has 0 aliphatic carbocycles. The number of pyridine rings is 1. The van der Waals surface area contributed by atoms with Crippen molar-refractivity contribution in [2.45, 2.75) is 25.8 Å². The van der Waals surface area contributed by atoms with Crippen LogP contribution < -0.4 is 10.2 Å². The zero-order valence-electron chi connectivity index (χ0n) is 11.8. The van der Waals surface area contributed by atoms with Gasteiger partial charge in [-0.05, 0) is 31.9 Å². The van der Waals surface area contributed by atoms with Gasteiger partial charge in [0.1, 0.15) is 5.82 Å². The van der Waals surface area contributed by atoms with Crippen molar-refractivity contribution in [3.05, 3.63) is 35.9 Å². The number of anilines is 1. The van der Waals surface area contributed by atoms with Crippen LogP contribution in [0.3, 0.4) is 0 Å². The summed E-state index contributed by atoms with van der Waals surface area (Å²) in [4.78, 5) is 22.7. The molecule has 0 unspecified atom stereocenters. The SMILES string of the molecule is Cc1nsc(N2CCC(NC(=O)c3ccncc3)CC2)n1. The monoisotopic (exact) mass is 303 g/mol. The topological polar surface area (TPSA) is 71.0 Å². The van der Waals surface area contributed by atoms with E-state index in [2.05, 4.69) is 24.6 Å². The Morgan fingerprint density at radius 1 is 1.33 bits per heavy atom. The molecule has 3 heterocycles. The van der Waals surface area contributed by atoms with E-state index >= 15 is 0 Å². The number of carbonyl (C=O) groups is 1. The van der Waals surface area contributed by atoms with Crippen molar-refractivity contribution in [1.82, 2.24) is 19.7 Å². The van der Waals surface area contributed by atoms with Gasteiger partial charge in [0.05, 0.1) is 0 Å². The Labute approximate surface area is 127 Å². The molecular formula is C14H17N5OS. The van der Waals surface area contributed by atoms with E-state index < -0.39 is 0 Å². The minimum Gasteiger partial charge on any atom is -0.349 e. The molecule has 110 valence electrons. The van der Waals surface area contributed by atoms with E-state index in [4.69, 9.17) is 0 Å². The molecular weight excluding hydrogens is 286 g/mol. The highest BCUT2D eigenvalue weighted by Crippen LogP contribution is 2.21. The molecule has 1 N–H and O–H groups in total. The Morgan fingerprint density at radius 3 is 2.67 bits per heavy atom. The summed E-state index contributed by atoms with van der Waals surface area (Å²) in [5.41, 5.74) is 0.659. The summed E-state index contributed by atoms with van der Waals surface area (Å²) >= 11 is 1.44. The van der Waals surface area contributed by atoms with Gasteiger partial charge in [-0.25, -0.2) is 4.98 Å². The second kappa shape index (κ2) is 6.17. The van der Waals surface area contributed by atoms with Crippen LogP contribution in [0.5, 0.6) is 0 Å². The predicted octanol–water partition coefficient (Wildman–Crippen LogP) is 1.64. The quantitative estimate of drug-likeness (QED) is 0.933. The molecule has 1 aliphatic rings. The van der Waals surface area contributed by atoms with Crippen LogP contribution >= 0.6 is 11.5 Å². The smallest absolute Gasteiger partial charge is 0.251 e. The molecule has 0 atom stereocenters. The molecule has 3 rings (SSSR count). The lowest BCUT2D eigenvalue weighted by molar-refractivity contribution is 0.0931. The van der Waals surface area contributed by atoms with Crippen LogP contribution in [0, 0.1) is 6.92 Å². The number of nitrogens with zero attached hydrogens (tertiary/aromatic N) is 4. The number of hydrogen-bond donors (Lipinski definition) is 1. The third-order valence-electron chi connectivity index (χ3n) is 3.56. The van der Waals surface area contributed by atoms with Crippen LogP contribution in [0.4, 0.5) is 5.13 Å². The molecule has 0 spiro atoms. The van der Waals surface area contributed by atoms with Gasteiger partial charge < -0.3 is 10.2 Å². The largest absolute Gasteiger partial charge is 0.349 e. The van der Waals surface area contributed by atoms with Gasteiger partial charge in [0, 0.05) is 48.6 Å². The molecule has 1 fully saturated rings. The Kier molecular flexibility index (Phi) is 4.10. The van der Waals surface area contributed by atoms with Crippen molar-refractivity contribution in [1.29, 1.82) is 0 Å². The van der Waals surface area contributed by atoms with Gasteiger partial charge >= 0.3 is 0 Å². The van der Waals surface area contributed by atoms with Crippen LogP contribution in [-0.2, 0) is 0 Å². The first-order valence-corrected chi connectivity index (χ1v) is 7.76. The number of nitrogens with one attached hydrogen (secondary N) is 1. The second-order valence-electron chi connectivity index (χ2n) is 5.09. The fourth-order valence-corrected chi connectivity index (χ4v) is 3.13. The van der Waals surface area contributed by atoms with Crippen molar-refractivity contribution >= 4 is 22.6 Å². The standard InChI is InChI=1S/C14H17N5OS/c1-10-16-14(21-18-10)19-8-4-12(5-9-19)17-13(20)11-2-6-15-7-3-11/h2-3,6-7,12H,4-5,8-9H2,1H3,(H,17,20). The molecule has 0 aromatic carbocycles. The highest BCUT2D eigenvalue weighted by molar-refractivity contribution is 7.09. The van der Waals surface area contributed by atoms with E-state index in [1.165, 1.54) is 11.5 Å². The van der Waals surface area contributed by atoms with Gasteiger partial charge in [0.15, 0.2) is 0 Å². The van der Waals surface area contributed by atoms with Crippen LogP contribution in [0.25, 0.3) is 0 Å². The fraction of sp³-hybridized carbons (Fsp3) is 0.429. The number of aromatic nitrogens is 3. The van der Waals surface area contributed by atoms with Crippen molar-refractivity contribution < 1.29 is 4.79 Å². The van der Waals surface area contributed by atoms with Crippen LogP contribution in [0.2, 0.25) is 0 Å². The highest BCUT2D eigenvalue weighted by Gasteiger charge is 2.22. The minimum absolute atomic E-state index is 0.0254. The number of hydrogen-bond acceptors (Lipinski definition) is 6. The molecule has 2 aromatic heterocycles. The van der Waals surface area contributed by atoms with Crippen molar-refractivity contribution in [3.63, 3.8) is 0 Å². The Balaban J connectivity index is 1.53. The maximum atomic E-state index is 12.1. The number of rotatable bonds is 3. The molecule has 0 radical (unpaired) electrons. The van der Waals surface area contributed by atoms with Gasteiger partial charge in [-0.2, -0.15) is 4.37 Å². The van der Waals surface area contributed by atoms with Crippen molar-refractivity contribution in [2.75, 3.05) is 18.0 Å². The van der Waals surface area contributed by atoms with Crippen molar-refractivity contribution in [3.8, 4) is 0 Å². The summed E-state index contributed by atoms with van der Waals surface area (Å²) in [6, 6.07) is 3.68. The number of carbonyl (C=O) groups excluding carboxylic acids is 1. The zero-order chi connectivity index (χ0) is 14.7. The molecule has 1 amide bonds. The Hall–Kier alpha value is -2.02. The number of piperidine rings is 1. The lowest BCUT2D eigenvalue weighted by Crippen LogP contribution is -2.44. The first-order chi connectivity index (χ1) is 10.2. The third-order valence-corrected chi connectivity index (χ3v) is 4.43. The van der Waals surface area contributed by atoms with Crippen molar-refractivity contribution in [2.24, 2.45) is 0 Å². The van der Waals surface area contributed by atoms with E-state index in [0.29, 0.717) is 5.56 Å². The van der Waals surface area contributed by atoms with Gasteiger partial charge in [0.2, 0.25) is 5.13 Å². The summed E-state index contributed by atoms with van der Waals surface area (Å²) in [5.74, 6) is 0.797. The molecule has 0 saturated carbocycles. The number of aryl methyl sites for hydroxylation is 1. The Bertz CT molecular complexity index is 607. The third kappa shape index (κ3) is 3.36. The summed E-state index contributed by atoms with van der Waals surface area (Å²) in [5, 5.41) is 4.06. The van der Waals surface area contributed by atoms with Gasteiger partial charge in [0.25, 0.3) is 5.91 Å². The van der Waals surface area contributed by atoms with E-state index in [1.54, 1.807) is 24.5 Å². The van der Waals surface area contributed by atoms with Crippen LogP contribution in [-0.4, -0.2) is 39.4 Å². The average molecular weight is 303 g/mol. The van der Waals surface area contributed by atoms with Gasteiger partial charge in [-0.1, -0.05) is 0 Å².